The summed E-state index contributed by atoms with van der Waals surface area (Å²) in [5, 5.41) is 4.17. The molecule has 0 aliphatic carbocycles. The Kier molecular flexibility index (Phi) is 4.10. The van der Waals surface area contributed by atoms with E-state index in [1.807, 2.05) is 25.2 Å². The van der Waals surface area contributed by atoms with Crippen molar-refractivity contribution in [1.29, 1.82) is 0 Å². The lowest BCUT2D eigenvalue weighted by molar-refractivity contribution is 0.0972. The van der Waals surface area contributed by atoms with E-state index >= 15 is 0 Å². The molecule has 0 atom stereocenters. The fourth-order valence-corrected chi connectivity index (χ4v) is 3.07. The molecule has 0 radical (unpaired) electrons. The van der Waals surface area contributed by atoms with Gasteiger partial charge in [0, 0.05) is 18.2 Å². The third-order valence-corrected chi connectivity index (χ3v) is 4.12. The SMILES string of the molecule is CNc1cc2sc(C(=O)CC(C)C)cc2cc1OC. The predicted octanol–water partition coefficient (Wildman–Crippen LogP) is 4.18. The normalized spacial score (nSPS) is 11.0. The van der Waals surface area contributed by atoms with Crippen molar-refractivity contribution in [1.82, 2.24) is 0 Å². The number of Topliss-reactive ketones (excluding diaryl/α,β-unsaturated/α-hetero) is 1. The number of benzene rings is 1. The molecule has 3 nitrogen and oxygen atoms in total. The van der Waals surface area contributed by atoms with Crippen molar-refractivity contribution in [2.24, 2.45) is 5.92 Å². The van der Waals surface area contributed by atoms with Crippen molar-refractivity contribution in [2.45, 2.75) is 20.3 Å². The minimum Gasteiger partial charge on any atom is -0.495 e. The number of hydrogen-bond donors (Lipinski definition) is 1. The van der Waals surface area contributed by atoms with Crippen LogP contribution in [0.25, 0.3) is 10.1 Å². The zero-order chi connectivity index (χ0) is 14.0. The Morgan fingerprint density at radius 1 is 1.37 bits per heavy atom. The summed E-state index contributed by atoms with van der Waals surface area (Å²) in [7, 11) is 3.52. The maximum Gasteiger partial charge on any atom is 0.173 e. The lowest BCUT2D eigenvalue weighted by atomic mass is 10.1. The first-order chi connectivity index (χ1) is 9.05. The zero-order valence-corrected chi connectivity index (χ0v) is 12.6. The first-order valence-electron chi connectivity index (χ1n) is 6.37. The number of anilines is 1. The van der Waals surface area contributed by atoms with Gasteiger partial charge in [0.05, 0.1) is 17.7 Å². The van der Waals surface area contributed by atoms with Gasteiger partial charge in [0.15, 0.2) is 5.78 Å². The van der Waals surface area contributed by atoms with Crippen LogP contribution in [-0.4, -0.2) is 19.9 Å². The van der Waals surface area contributed by atoms with E-state index in [0.717, 1.165) is 26.4 Å². The maximum absolute atomic E-state index is 12.1. The number of thiophene rings is 1. The molecule has 1 aromatic heterocycles. The van der Waals surface area contributed by atoms with Gasteiger partial charge in [-0.2, -0.15) is 0 Å². The van der Waals surface area contributed by atoms with Crippen molar-refractivity contribution in [3.63, 3.8) is 0 Å². The van der Waals surface area contributed by atoms with Gasteiger partial charge in [-0.15, -0.1) is 11.3 Å². The van der Waals surface area contributed by atoms with E-state index in [-0.39, 0.29) is 5.78 Å². The van der Waals surface area contributed by atoms with Crippen molar-refractivity contribution in [2.75, 3.05) is 19.5 Å². The number of methoxy groups -OCH3 is 1. The Morgan fingerprint density at radius 2 is 2.11 bits per heavy atom. The second-order valence-electron chi connectivity index (χ2n) is 4.97. The van der Waals surface area contributed by atoms with Crippen LogP contribution in [0.2, 0.25) is 0 Å². The van der Waals surface area contributed by atoms with Crippen molar-refractivity contribution in [3.8, 4) is 5.75 Å². The molecule has 2 aromatic rings. The number of carbonyl (C=O) groups excluding carboxylic acids is 1. The maximum atomic E-state index is 12.1. The largest absolute Gasteiger partial charge is 0.495 e. The van der Waals surface area contributed by atoms with Crippen LogP contribution in [0.15, 0.2) is 18.2 Å². The molecule has 0 saturated carbocycles. The van der Waals surface area contributed by atoms with E-state index in [0.29, 0.717) is 12.3 Å². The highest BCUT2D eigenvalue weighted by Crippen LogP contribution is 2.35. The molecule has 1 N–H and O–H groups in total. The van der Waals surface area contributed by atoms with Crippen LogP contribution in [0.4, 0.5) is 5.69 Å². The van der Waals surface area contributed by atoms with Crippen molar-refractivity contribution in [3.05, 3.63) is 23.1 Å². The standard InChI is InChI=1S/C15H19NO2S/c1-9(2)5-12(17)15-7-10-6-13(18-4)11(16-3)8-14(10)19-15/h6-9,16H,5H2,1-4H3. The van der Waals surface area contributed by atoms with Crippen molar-refractivity contribution < 1.29 is 9.53 Å². The predicted molar refractivity (Wildman–Crippen MR) is 81.7 cm³/mol. The second kappa shape index (κ2) is 5.61. The molecule has 0 aliphatic rings. The Morgan fingerprint density at radius 3 is 2.68 bits per heavy atom. The molecule has 4 heteroatoms. The Balaban J connectivity index is 2.42. The summed E-state index contributed by atoms with van der Waals surface area (Å²) in [5.74, 6) is 1.41. The smallest absolute Gasteiger partial charge is 0.173 e. The third-order valence-electron chi connectivity index (χ3n) is 2.98. The number of ketones is 1. The summed E-state index contributed by atoms with van der Waals surface area (Å²) in [6.45, 7) is 4.13. The molecule has 0 saturated heterocycles. The summed E-state index contributed by atoms with van der Waals surface area (Å²) in [6, 6.07) is 5.97. The van der Waals surface area contributed by atoms with Crippen LogP contribution in [0.1, 0.15) is 29.9 Å². The first-order valence-corrected chi connectivity index (χ1v) is 7.19. The lowest BCUT2D eigenvalue weighted by Gasteiger charge is -2.07. The van der Waals surface area contributed by atoms with Gasteiger partial charge in [-0.3, -0.25) is 4.79 Å². The van der Waals surface area contributed by atoms with Gasteiger partial charge in [0.1, 0.15) is 5.75 Å². The number of ether oxygens (including phenoxy) is 1. The second-order valence-corrected chi connectivity index (χ2v) is 6.06. The summed E-state index contributed by atoms with van der Waals surface area (Å²) >= 11 is 1.55. The van der Waals surface area contributed by atoms with Gasteiger partial charge in [-0.05, 0) is 29.5 Å². The van der Waals surface area contributed by atoms with Crippen LogP contribution in [-0.2, 0) is 0 Å². The van der Waals surface area contributed by atoms with Crippen LogP contribution in [0, 0.1) is 5.92 Å². The summed E-state index contributed by atoms with van der Waals surface area (Å²) in [4.78, 5) is 12.9. The molecule has 0 fully saturated rings. The van der Waals surface area contributed by atoms with Crippen LogP contribution in [0.5, 0.6) is 5.75 Å². The van der Waals surface area contributed by atoms with Gasteiger partial charge in [-0.25, -0.2) is 0 Å². The highest BCUT2D eigenvalue weighted by Gasteiger charge is 2.13. The third kappa shape index (κ3) is 2.89. The summed E-state index contributed by atoms with van der Waals surface area (Å²) in [5.41, 5.74) is 0.944. The van der Waals surface area contributed by atoms with Gasteiger partial charge in [0.25, 0.3) is 0 Å². The Labute approximate surface area is 117 Å². The van der Waals surface area contributed by atoms with Gasteiger partial charge < -0.3 is 10.1 Å². The highest BCUT2D eigenvalue weighted by atomic mass is 32.1. The molecule has 1 aromatic carbocycles. The van der Waals surface area contributed by atoms with Crippen LogP contribution in [0.3, 0.4) is 0 Å². The molecule has 0 aliphatic heterocycles. The molecule has 2 rings (SSSR count). The average molecular weight is 277 g/mol. The van der Waals surface area contributed by atoms with Crippen LogP contribution < -0.4 is 10.1 Å². The van der Waals surface area contributed by atoms with E-state index in [1.165, 1.54) is 0 Å². The number of hydrogen-bond acceptors (Lipinski definition) is 4. The minimum atomic E-state index is 0.223. The molecular weight excluding hydrogens is 258 g/mol. The number of fused-ring (bicyclic) bond motifs is 1. The van der Waals surface area contributed by atoms with E-state index in [4.69, 9.17) is 4.74 Å². The van der Waals surface area contributed by atoms with E-state index in [2.05, 4.69) is 19.2 Å². The molecule has 0 bridgehead atoms. The average Bonchev–Trinajstić information content (AvgIpc) is 2.78. The fourth-order valence-electron chi connectivity index (χ4n) is 2.04. The van der Waals surface area contributed by atoms with Crippen LogP contribution >= 0.6 is 11.3 Å². The van der Waals surface area contributed by atoms with E-state index < -0.39 is 0 Å². The van der Waals surface area contributed by atoms with Gasteiger partial charge in [-0.1, -0.05) is 13.8 Å². The zero-order valence-electron chi connectivity index (χ0n) is 11.7. The molecule has 102 valence electrons. The Bertz CT molecular complexity index is 560. The molecule has 1 heterocycles. The van der Waals surface area contributed by atoms with Crippen molar-refractivity contribution >= 4 is 32.9 Å². The van der Waals surface area contributed by atoms with E-state index in [1.54, 1.807) is 18.4 Å². The summed E-state index contributed by atoms with van der Waals surface area (Å²) < 4.78 is 6.44. The topological polar surface area (TPSA) is 38.3 Å². The lowest BCUT2D eigenvalue weighted by Crippen LogP contribution is -2.00. The highest BCUT2D eigenvalue weighted by molar-refractivity contribution is 7.20. The minimum absolute atomic E-state index is 0.223. The van der Waals surface area contributed by atoms with E-state index in [9.17, 15) is 4.79 Å². The number of nitrogens with one attached hydrogen (secondary N) is 1. The molecule has 19 heavy (non-hydrogen) atoms. The monoisotopic (exact) mass is 277 g/mol. The molecular formula is C15H19NO2S. The molecule has 0 spiro atoms. The molecule has 0 amide bonds. The quantitative estimate of drug-likeness (QED) is 0.833. The first kappa shape index (κ1) is 13.9. The number of rotatable bonds is 5. The van der Waals surface area contributed by atoms with Gasteiger partial charge >= 0.3 is 0 Å². The molecule has 0 unspecified atom stereocenters. The van der Waals surface area contributed by atoms with Gasteiger partial charge in [0.2, 0.25) is 0 Å². The summed E-state index contributed by atoms with van der Waals surface area (Å²) in [6.07, 6.45) is 0.600. The Hall–Kier alpha value is -1.55. The fraction of sp³-hybridized carbons (Fsp3) is 0.400. The number of carbonyl (C=O) groups is 1.